The minimum Gasteiger partial charge on any atom is -0.344 e. The molecule has 1 saturated heterocycles. The molecule has 4 nitrogen and oxygen atoms in total. The Labute approximate surface area is 159 Å². The van der Waals surface area contributed by atoms with E-state index >= 15 is 0 Å². The molecule has 6 heteroatoms. The van der Waals surface area contributed by atoms with Gasteiger partial charge in [-0.25, -0.2) is 9.37 Å². The van der Waals surface area contributed by atoms with E-state index in [1.165, 1.54) is 17.6 Å². The second-order valence-electron chi connectivity index (χ2n) is 7.68. The van der Waals surface area contributed by atoms with Crippen molar-refractivity contribution < 1.29 is 4.39 Å². The van der Waals surface area contributed by atoms with Gasteiger partial charge in [-0.3, -0.25) is 4.90 Å². The van der Waals surface area contributed by atoms with E-state index < -0.39 is 0 Å². The number of piperazine rings is 1. The summed E-state index contributed by atoms with van der Waals surface area (Å²) in [7, 11) is 0. The van der Waals surface area contributed by atoms with Crippen LogP contribution >= 0.6 is 11.5 Å². The zero-order valence-electron chi connectivity index (χ0n) is 15.8. The summed E-state index contributed by atoms with van der Waals surface area (Å²) in [5, 5.41) is 1.01. The lowest BCUT2D eigenvalue weighted by atomic mass is 9.96. The normalized spacial score (nSPS) is 15.7. The van der Waals surface area contributed by atoms with Gasteiger partial charge in [0, 0.05) is 48.7 Å². The fourth-order valence-corrected chi connectivity index (χ4v) is 3.58. The van der Waals surface area contributed by atoms with Gasteiger partial charge in [-0.2, -0.15) is 4.37 Å². The van der Waals surface area contributed by atoms with Crippen molar-refractivity contribution in [2.24, 2.45) is 0 Å². The molecule has 0 spiro atoms. The van der Waals surface area contributed by atoms with E-state index in [1.54, 1.807) is 13.0 Å². The maximum Gasteiger partial charge on any atom is 0.205 e. The van der Waals surface area contributed by atoms with Crippen LogP contribution in [0.3, 0.4) is 0 Å². The van der Waals surface area contributed by atoms with Crippen LogP contribution in [0.25, 0.3) is 0 Å². The molecule has 0 bridgehead atoms. The van der Waals surface area contributed by atoms with Gasteiger partial charge in [0.25, 0.3) is 0 Å². The molecule has 1 aromatic carbocycles. The molecule has 0 unspecified atom stereocenters. The number of hydrogen-bond donors (Lipinski definition) is 0. The van der Waals surface area contributed by atoms with Gasteiger partial charge >= 0.3 is 0 Å². The van der Waals surface area contributed by atoms with Crippen LogP contribution in [0.15, 0.2) is 18.2 Å². The van der Waals surface area contributed by atoms with Gasteiger partial charge in [0.1, 0.15) is 11.6 Å². The highest BCUT2D eigenvalue weighted by Crippen LogP contribution is 2.25. The second kappa shape index (κ2) is 7.73. The second-order valence-corrected chi connectivity index (χ2v) is 8.41. The first-order chi connectivity index (χ1) is 12.3. The third-order valence-electron chi connectivity index (χ3n) is 4.44. The smallest absolute Gasteiger partial charge is 0.205 e. The van der Waals surface area contributed by atoms with Crippen LogP contribution in [0.2, 0.25) is 0 Å². The van der Waals surface area contributed by atoms with Crippen molar-refractivity contribution in [3.05, 3.63) is 41.0 Å². The zero-order valence-corrected chi connectivity index (χ0v) is 16.7. The number of hydrogen-bond acceptors (Lipinski definition) is 5. The van der Waals surface area contributed by atoms with E-state index in [1.807, 2.05) is 6.07 Å². The van der Waals surface area contributed by atoms with E-state index in [0.717, 1.165) is 42.7 Å². The molecule has 0 aliphatic carbocycles. The number of rotatable bonds is 2. The lowest BCUT2D eigenvalue weighted by Crippen LogP contribution is -2.46. The average Bonchev–Trinajstić information content (AvgIpc) is 3.09. The third-order valence-corrected chi connectivity index (χ3v) is 5.21. The Morgan fingerprint density at radius 1 is 1.19 bits per heavy atom. The highest BCUT2D eigenvalue weighted by Gasteiger charge is 2.23. The van der Waals surface area contributed by atoms with Gasteiger partial charge in [0.2, 0.25) is 5.13 Å². The third kappa shape index (κ3) is 4.60. The fraction of sp³-hybridized carbons (Fsp3) is 0.500. The lowest BCUT2D eigenvalue weighted by molar-refractivity contribution is 0.288. The molecule has 1 aromatic heterocycles. The van der Waals surface area contributed by atoms with E-state index in [9.17, 15) is 4.39 Å². The Bertz CT molecular complexity index is 820. The molecule has 0 saturated carbocycles. The van der Waals surface area contributed by atoms with Gasteiger partial charge < -0.3 is 4.90 Å². The van der Waals surface area contributed by atoms with E-state index in [0.29, 0.717) is 12.1 Å². The van der Waals surface area contributed by atoms with Crippen molar-refractivity contribution in [2.75, 3.05) is 37.6 Å². The number of nitrogens with zero attached hydrogens (tertiary/aromatic N) is 4. The quantitative estimate of drug-likeness (QED) is 0.756. The number of aromatic nitrogens is 2. The van der Waals surface area contributed by atoms with Gasteiger partial charge in [-0.05, 0) is 24.6 Å². The summed E-state index contributed by atoms with van der Waals surface area (Å²) in [6, 6.07) is 5.14. The van der Waals surface area contributed by atoms with Crippen molar-refractivity contribution >= 4 is 16.7 Å². The molecule has 3 rings (SSSR count). The van der Waals surface area contributed by atoms with Crippen LogP contribution in [0.1, 0.15) is 37.7 Å². The first-order valence-electron chi connectivity index (χ1n) is 8.89. The Kier molecular flexibility index (Phi) is 5.59. The van der Waals surface area contributed by atoms with Gasteiger partial charge in [-0.1, -0.05) is 38.7 Å². The molecule has 2 heterocycles. The molecule has 26 heavy (non-hydrogen) atoms. The van der Waals surface area contributed by atoms with Gasteiger partial charge in [-0.15, -0.1) is 0 Å². The maximum atomic E-state index is 13.5. The van der Waals surface area contributed by atoms with Crippen LogP contribution in [-0.4, -0.2) is 47.0 Å². The number of halogens is 1. The summed E-state index contributed by atoms with van der Waals surface area (Å²) in [4.78, 5) is 9.32. The SMILES string of the molecule is Cc1ccc(C#CCN2CCN(c3nc(C(C)(C)C)ns3)CC2)cc1F. The first kappa shape index (κ1) is 18.8. The van der Waals surface area contributed by atoms with Crippen LogP contribution in [0, 0.1) is 24.6 Å². The summed E-state index contributed by atoms with van der Waals surface area (Å²) in [5.74, 6) is 6.94. The molecular formula is C20H25FN4S. The first-order valence-corrected chi connectivity index (χ1v) is 9.67. The van der Waals surface area contributed by atoms with E-state index in [4.69, 9.17) is 4.98 Å². The standard InChI is InChI=1S/C20H25FN4S/c1-15-7-8-16(14-17(15)21)6-5-9-24-10-12-25(13-11-24)19-22-18(23-26-19)20(2,3)4/h7-8,14H,9-13H2,1-4H3. The van der Waals surface area contributed by atoms with Crippen LogP contribution in [0.5, 0.6) is 0 Å². The molecule has 1 fully saturated rings. The van der Waals surface area contributed by atoms with Crippen LogP contribution in [-0.2, 0) is 5.41 Å². The zero-order chi connectivity index (χ0) is 18.7. The number of benzene rings is 1. The number of aryl methyl sites for hydroxylation is 1. The lowest BCUT2D eigenvalue weighted by Gasteiger charge is -2.33. The molecule has 0 radical (unpaired) electrons. The fourth-order valence-electron chi connectivity index (χ4n) is 2.67. The highest BCUT2D eigenvalue weighted by atomic mass is 32.1. The summed E-state index contributed by atoms with van der Waals surface area (Å²) in [6.07, 6.45) is 0. The minimum absolute atomic E-state index is 0.0123. The Morgan fingerprint density at radius 2 is 1.92 bits per heavy atom. The van der Waals surface area contributed by atoms with Gasteiger partial charge in [0.15, 0.2) is 0 Å². The summed E-state index contributed by atoms with van der Waals surface area (Å²) >= 11 is 1.48. The van der Waals surface area contributed by atoms with E-state index in [2.05, 4.69) is 46.8 Å². The van der Waals surface area contributed by atoms with Crippen molar-refractivity contribution in [2.45, 2.75) is 33.1 Å². The molecule has 0 atom stereocenters. The Hall–Kier alpha value is -1.97. The van der Waals surface area contributed by atoms with E-state index in [-0.39, 0.29) is 11.2 Å². The molecule has 138 valence electrons. The maximum absolute atomic E-state index is 13.5. The highest BCUT2D eigenvalue weighted by molar-refractivity contribution is 7.09. The largest absolute Gasteiger partial charge is 0.344 e. The monoisotopic (exact) mass is 372 g/mol. The topological polar surface area (TPSA) is 32.3 Å². The molecule has 0 N–H and O–H groups in total. The summed E-state index contributed by atoms with van der Waals surface area (Å²) in [6.45, 7) is 12.6. The Balaban J connectivity index is 1.52. The number of anilines is 1. The minimum atomic E-state index is -0.197. The van der Waals surface area contributed by atoms with Gasteiger partial charge in [0.05, 0.1) is 6.54 Å². The molecule has 2 aromatic rings. The molecular weight excluding hydrogens is 347 g/mol. The van der Waals surface area contributed by atoms with Crippen molar-refractivity contribution in [3.63, 3.8) is 0 Å². The average molecular weight is 373 g/mol. The summed E-state index contributed by atoms with van der Waals surface area (Å²) in [5.41, 5.74) is 1.37. The molecule has 0 amide bonds. The molecule has 1 aliphatic heterocycles. The summed E-state index contributed by atoms with van der Waals surface area (Å²) < 4.78 is 18.0. The van der Waals surface area contributed by atoms with Crippen LogP contribution in [0.4, 0.5) is 9.52 Å². The van der Waals surface area contributed by atoms with Crippen molar-refractivity contribution in [1.82, 2.24) is 14.3 Å². The predicted molar refractivity (Wildman–Crippen MR) is 105 cm³/mol. The van der Waals surface area contributed by atoms with Crippen LogP contribution < -0.4 is 4.90 Å². The predicted octanol–water partition coefficient (Wildman–Crippen LogP) is 3.46. The van der Waals surface area contributed by atoms with Crippen molar-refractivity contribution in [3.8, 4) is 11.8 Å². The Morgan fingerprint density at radius 3 is 2.54 bits per heavy atom. The van der Waals surface area contributed by atoms with Crippen molar-refractivity contribution in [1.29, 1.82) is 0 Å². The molecule has 1 aliphatic rings.